The molecule has 2 amide bonds. The lowest BCUT2D eigenvalue weighted by atomic mass is 10.2. The summed E-state index contributed by atoms with van der Waals surface area (Å²) in [5, 5.41) is 3.11. The van der Waals surface area contributed by atoms with Crippen LogP contribution in [0.25, 0.3) is 0 Å². The highest BCUT2D eigenvalue weighted by Gasteiger charge is 2.39. The molecule has 9 heteroatoms. The average molecular weight is 417 g/mol. The molecule has 2 aliphatic heterocycles. The molecule has 0 radical (unpaired) electrons. The van der Waals surface area contributed by atoms with Gasteiger partial charge in [-0.3, -0.25) is 9.59 Å². The third-order valence-electron chi connectivity index (χ3n) is 5.05. The Morgan fingerprint density at radius 1 is 0.967 bits per heavy atom. The second kappa shape index (κ2) is 8.66. The summed E-state index contributed by atoms with van der Waals surface area (Å²) < 4.78 is 34.2. The Bertz CT molecular complexity index is 899. The number of hydrogen-bond donors (Lipinski definition) is 1. The lowest BCUT2D eigenvalue weighted by molar-refractivity contribution is -0.121. The maximum atomic E-state index is 12.8. The van der Waals surface area contributed by atoms with Gasteiger partial charge in [-0.05, 0) is 48.5 Å². The first-order valence-electron chi connectivity index (χ1n) is 9.62. The van der Waals surface area contributed by atoms with Crippen molar-refractivity contribution in [2.75, 3.05) is 41.4 Å². The number of ether oxygens (including phenoxy) is 2. The smallest absolute Gasteiger partial charge is 0.387 e. The van der Waals surface area contributed by atoms with Crippen molar-refractivity contribution in [1.82, 2.24) is 0 Å². The summed E-state index contributed by atoms with van der Waals surface area (Å²) in [5.74, 6) is -0.785. The maximum Gasteiger partial charge on any atom is 0.387 e. The molecule has 158 valence electrons. The number of nitrogens with zero attached hydrogens (tertiary/aromatic N) is 2. The molecule has 2 aromatic rings. The predicted molar refractivity (Wildman–Crippen MR) is 107 cm³/mol. The van der Waals surface area contributed by atoms with Crippen molar-refractivity contribution in [2.45, 2.75) is 19.1 Å². The normalized spacial score (nSPS) is 19.5. The van der Waals surface area contributed by atoms with E-state index in [1.165, 1.54) is 24.3 Å². The number of carbonyl (C=O) groups excluding carboxylic acids is 2. The van der Waals surface area contributed by atoms with Gasteiger partial charge in [0.15, 0.2) is 0 Å². The van der Waals surface area contributed by atoms with Gasteiger partial charge in [0.2, 0.25) is 5.91 Å². The molecule has 2 aromatic carbocycles. The van der Waals surface area contributed by atoms with E-state index in [0.29, 0.717) is 18.9 Å². The Morgan fingerprint density at radius 2 is 1.60 bits per heavy atom. The standard InChI is InChI=1S/C21H21F2N3O4/c22-21(23)30-17-7-5-16(6-8-17)26-19(27)13-18(20(26)28)24-14-1-3-15(4-2-14)25-9-11-29-12-10-25/h1-8,18,21,24H,9-13H2/t18-/m1/s1. The minimum absolute atomic E-state index is 0.0132. The Kier molecular flexibility index (Phi) is 5.80. The molecular weight excluding hydrogens is 396 g/mol. The molecule has 2 aliphatic rings. The minimum Gasteiger partial charge on any atom is -0.435 e. The number of anilines is 3. The highest BCUT2D eigenvalue weighted by Crippen LogP contribution is 2.28. The zero-order valence-electron chi connectivity index (χ0n) is 16.1. The summed E-state index contributed by atoms with van der Waals surface area (Å²) in [6.07, 6.45) is 0.0132. The average Bonchev–Trinajstić information content (AvgIpc) is 3.02. The van der Waals surface area contributed by atoms with Crippen molar-refractivity contribution in [2.24, 2.45) is 0 Å². The van der Waals surface area contributed by atoms with Crippen LogP contribution in [-0.4, -0.2) is 50.8 Å². The van der Waals surface area contributed by atoms with E-state index in [1.54, 1.807) is 0 Å². The van der Waals surface area contributed by atoms with Gasteiger partial charge in [0.1, 0.15) is 11.8 Å². The van der Waals surface area contributed by atoms with Crippen LogP contribution in [0.1, 0.15) is 6.42 Å². The number of nitrogens with one attached hydrogen (secondary N) is 1. The quantitative estimate of drug-likeness (QED) is 0.729. The number of imide groups is 1. The largest absolute Gasteiger partial charge is 0.435 e. The molecule has 0 aromatic heterocycles. The van der Waals surface area contributed by atoms with Gasteiger partial charge in [-0.25, -0.2) is 4.90 Å². The molecule has 0 aliphatic carbocycles. The van der Waals surface area contributed by atoms with E-state index in [1.807, 2.05) is 24.3 Å². The van der Waals surface area contributed by atoms with E-state index >= 15 is 0 Å². The molecule has 1 N–H and O–H groups in total. The molecular formula is C21H21F2N3O4. The van der Waals surface area contributed by atoms with Crippen LogP contribution in [-0.2, 0) is 14.3 Å². The Labute approximate surface area is 172 Å². The van der Waals surface area contributed by atoms with Crippen LogP contribution < -0.4 is 19.9 Å². The van der Waals surface area contributed by atoms with Crippen LogP contribution >= 0.6 is 0 Å². The number of halogens is 2. The SMILES string of the molecule is O=C1C[C@@H](Nc2ccc(N3CCOCC3)cc2)C(=O)N1c1ccc(OC(F)F)cc1. The number of morpholine rings is 1. The maximum absolute atomic E-state index is 12.8. The molecule has 0 bridgehead atoms. The van der Waals surface area contributed by atoms with Gasteiger partial charge >= 0.3 is 6.61 Å². The summed E-state index contributed by atoms with van der Waals surface area (Å²) in [7, 11) is 0. The molecule has 0 saturated carbocycles. The summed E-state index contributed by atoms with van der Waals surface area (Å²) in [4.78, 5) is 28.5. The fourth-order valence-electron chi connectivity index (χ4n) is 3.58. The number of hydrogen-bond acceptors (Lipinski definition) is 6. The molecule has 0 spiro atoms. The highest BCUT2D eigenvalue weighted by molar-refractivity contribution is 6.23. The van der Waals surface area contributed by atoms with Crippen LogP contribution in [0.4, 0.5) is 25.8 Å². The van der Waals surface area contributed by atoms with Crippen LogP contribution in [0, 0.1) is 0 Å². The molecule has 1 atom stereocenters. The summed E-state index contributed by atoms with van der Waals surface area (Å²) in [6, 6.07) is 12.4. The molecule has 2 fully saturated rings. The Morgan fingerprint density at radius 3 is 2.23 bits per heavy atom. The number of alkyl halides is 2. The predicted octanol–water partition coefficient (Wildman–Crippen LogP) is 2.87. The second-order valence-corrected chi connectivity index (χ2v) is 6.99. The monoisotopic (exact) mass is 417 g/mol. The van der Waals surface area contributed by atoms with Crippen molar-refractivity contribution < 1.29 is 27.8 Å². The van der Waals surface area contributed by atoms with Crippen molar-refractivity contribution in [3.63, 3.8) is 0 Å². The van der Waals surface area contributed by atoms with Crippen LogP contribution in [0.2, 0.25) is 0 Å². The first-order chi connectivity index (χ1) is 14.5. The summed E-state index contributed by atoms with van der Waals surface area (Å²) in [5.41, 5.74) is 2.13. The van der Waals surface area contributed by atoms with E-state index in [0.717, 1.165) is 29.4 Å². The van der Waals surface area contributed by atoms with Gasteiger partial charge in [-0.1, -0.05) is 0 Å². The van der Waals surface area contributed by atoms with Crippen LogP contribution in [0.15, 0.2) is 48.5 Å². The fourth-order valence-corrected chi connectivity index (χ4v) is 3.58. The minimum atomic E-state index is -2.94. The molecule has 2 heterocycles. The van der Waals surface area contributed by atoms with Crippen LogP contribution in [0.3, 0.4) is 0 Å². The first kappa shape index (κ1) is 20.1. The summed E-state index contributed by atoms with van der Waals surface area (Å²) >= 11 is 0. The van der Waals surface area contributed by atoms with Gasteiger partial charge in [0.05, 0.1) is 25.3 Å². The third kappa shape index (κ3) is 4.35. The van der Waals surface area contributed by atoms with E-state index in [4.69, 9.17) is 4.74 Å². The van der Waals surface area contributed by atoms with E-state index < -0.39 is 12.7 Å². The second-order valence-electron chi connectivity index (χ2n) is 6.99. The number of rotatable bonds is 6. The van der Waals surface area contributed by atoms with Crippen molar-refractivity contribution in [3.8, 4) is 5.75 Å². The van der Waals surface area contributed by atoms with Gasteiger partial charge < -0.3 is 19.7 Å². The third-order valence-corrected chi connectivity index (χ3v) is 5.05. The Hall–Kier alpha value is -3.20. The fraction of sp³-hybridized carbons (Fsp3) is 0.333. The highest BCUT2D eigenvalue weighted by atomic mass is 19.3. The molecule has 30 heavy (non-hydrogen) atoms. The first-order valence-corrected chi connectivity index (χ1v) is 9.62. The lowest BCUT2D eigenvalue weighted by Crippen LogP contribution is -2.36. The topological polar surface area (TPSA) is 71.1 Å². The zero-order valence-corrected chi connectivity index (χ0v) is 16.1. The Balaban J connectivity index is 1.41. The molecule has 2 saturated heterocycles. The lowest BCUT2D eigenvalue weighted by Gasteiger charge is -2.29. The van der Waals surface area contributed by atoms with Gasteiger partial charge in [-0.2, -0.15) is 8.78 Å². The van der Waals surface area contributed by atoms with Gasteiger partial charge in [0, 0.05) is 24.5 Å². The molecule has 0 unspecified atom stereocenters. The van der Waals surface area contributed by atoms with E-state index in [2.05, 4.69) is 15.0 Å². The van der Waals surface area contributed by atoms with Crippen molar-refractivity contribution >= 4 is 28.9 Å². The van der Waals surface area contributed by atoms with E-state index in [-0.39, 0.29) is 24.0 Å². The van der Waals surface area contributed by atoms with Gasteiger partial charge in [-0.15, -0.1) is 0 Å². The van der Waals surface area contributed by atoms with Crippen LogP contribution in [0.5, 0.6) is 5.75 Å². The number of amides is 2. The number of carbonyl (C=O) groups is 2. The number of benzene rings is 2. The molecule has 4 rings (SSSR count). The van der Waals surface area contributed by atoms with E-state index in [9.17, 15) is 18.4 Å². The van der Waals surface area contributed by atoms with Crippen molar-refractivity contribution in [3.05, 3.63) is 48.5 Å². The zero-order chi connectivity index (χ0) is 21.1. The molecule has 7 nitrogen and oxygen atoms in total. The summed E-state index contributed by atoms with van der Waals surface area (Å²) in [6.45, 7) is 0.124. The van der Waals surface area contributed by atoms with Gasteiger partial charge in [0.25, 0.3) is 5.91 Å². The van der Waals surface area contributed by atoms with Crippen molar-refractivity contribution in [1.29, 1.82) is 0 Å².